The molecule has 6 nitrogen and oxygen atoms in total. The van der Waals surface area contributed by atoms with E-state index in [1.807, 2.05) is 68.1 Å². The van der Waals surface area contributed by atoms with Gasteiger partial charge in [0.2, 0.25) is 0 Å². The number of benzene rings is 3. The normalized spacial score (nSPS) is 10.8. The van der Waals surface area contributed by atoms with Crippen molar-refractivity contribution in [2.75, 3.05) is 0 Å². The van der Waals surface area contributed by atoms with Gasteiger partial charge in [-0.05, 0) is 136 Å². The smallest absolute Gasteiger partial charge is 0.109 e. The molecule has 328 valence electrons. The molecule has 15 heteroatoms. The fourth-order valence-electron chi connectivity index (χ4n) is 5.91. The van der Waals surface area contributed by atoms with Crippen LogP contribution in [-0.2, 0) is 25.9 Å². The number of aryl methyl sites for hydroxylation is 3. The lowest BCUT2D eigenvalue weighted by molar-refractivity contribution is 0.672. The second-order valence-corrected chi connectivity index (χ2v) is 19.3. The summed E-state index contributed by atoms with van der Waals surface area (Å²) in [6, 6.07) is 24.5. The van der Waals surface area contributed by atoms with Crippen LogP contribution in [0.5, 0.6) is 0 Å². The van der Waals surface area contributed by atoms with Gasteiger partial charge in [-0.2, -0.15) is 0 Å². The van der Waals surface area contributed by atoms with Crippen molar-refractivity contribution >= 4 is 103 Å². The first-order chi connectivity index (χ1) is 29.6. The number of halogens is 7. The van der Waals surface area contributed by atoms with Crippen molar-refractivity contribution in [2.24, 2.45) is 0 Å². The fraction of sp³-hybridized carbons (Fsp3) is 0.277. The van der Waals surface area contributed by atoms with E-state index in [0.717, 1.165) is 74.6 Å². The maximum absolute atomic E-state index is 6.19. The Morgan fingerprint density at radius 1 is 0.565 bits per heavy atom. The van der Waals surface area contributed by atoms with Gasteiger partial charge >= 0.3 is 0 Å². The maximum atomic E-state index is 6.19. The largest absolute Gasteiger partial charge is 0.330 e. The molecule has 0 N–H and O–H groups in total. The third kappa shape index (κ3) is 16.9. The zero-order valence-corrected chi connectivity index (χ0v) is 42.4. The maximum Gasteiger partial charge on any atom is 0.109 e. The highest BCUT2D eigenvalue weighted by atomic mass is 35.7. The molecule has 0 aliphatic heterocycles. The summed E-state index contributed by atoms with van der Waals surface area (Å²) in [6.07, 6.45) is 11.3. The average Bonchev–Trinajstić information content (AvgIpc) is 3.79. The van der Waals surface area contributed by atoms with Gasteiger partial charge in [0.05, 0.1) is 11.4 Å². The molecule has 4 heterocycles. The molecule has 0 aliphatic carbocycles. The summed E-state index contributed by atoms with van der Waals surface area (Å²) < 4.78 is 4.54. The van der Waals surface area contributed by atoms with Crippen LogP contribution in [0, 0.1) is 6.92 Å². The molecule has 0 atom stereocenters. The van der Waals surface area contributed by atoms with Gasteiger partial charge in [-0.1, -0.05) is 123 Å². The number of pyridine rings is 2. The van der Waals surface area contributed by atoms with Crippen LogP contribution >= 0.6 is 103 Å². The molecule has 0 spiro atoms. The van der Waals surface area contributed by atoms with E-state index in [2.05, 4.69) is 84.0 Å². The van der Waals surface area contributed by atoms with Crippen LogP contribution in [0.3, 0.4) is 0 Å². The predicted molar refractivity (Wildman–Crippen MR) is 268 cm³/mol. The zero-order chi connectivity index (χ0) is 45.3. The molecule has 0 fully saturated rings. The van der Waals surface area contributed by atoms with Crippen LogP contribution in [0.15, 0.2) is 125 Å². The molecule has 62 heavy (non-hydrogen) atoms. The summed E-state index contributed by atoms with van der Waals surface area (Å²) >= 11 is 36.7. The first kappa shape index (κ1) is 51.7. The summed E-state index contributed by atoms with van der Waals surface area (Å²) in [5.41, 5.74) is 5.84. The van der Waals surface area contributed by atoms with Gasteiger partial charge in [0.25, 0.3) is 0 Å². The monoisotopic (exact) mass is 1010 g/mol. The highest BCUT2D eigenvalue weighted by Crippen LogP contribution is 2.38. The van der Waals surface area contributed by atoms with Crippen molar-refractivity contribution in [2.45, 2.75) is 101 Å². The molecule has 0 amide bonds. The van der Waals surface area contributed by atoms with Crippen LogP contribution in [0.25, 0.3) is 0 Å². The SMILES string of the molecule is CCc1nc(C(C)C)c(Sc2cc(Cl)cc(Cl)c2)n1Cc1ccncc1.CCc1nc(C(C)C)cn1Cc1ccncc1.Cc1cc(Cl)cc(Cl)c1.ClSc1cc(Cl)cc(Cl)c1. The van der Waals surface area contributed by atoms with Gasteiger partial charge in [0.15, 0.2) is 0 Å². The molecule has 0 saturated heterocycles. The number of imidazole rings is 2. The van der Waals surface area contributed by atoms with Gasteiger partial charge in [-0.25, -0.2) is 9.97 Å². The Morgan fingerprint density at radius 3 is 1.44 bits per heavy atom. The van der Waals surface area contributed by atoms with Crippen LogP contribution in [-0.4, -0.2) is 29.1 Å². The van der Waals surface area contributed by atoms with Crippen molar-refractivity contribution in [1.29, 1.82) is 0 Å². The first-order valence-corrected chi connectivity index (χ1v) is 24.6. The van der Waals surface area contributed by atoms with Gasteiger partial charge < -0.3 is 9.13 Å². The molecule has 7 aromatic rings. The summed E-state index contributed by atoms with van der Waals surface area (Å²) in [4.78, 5) is 19.6. The van der Waals surface area contributed by atoms with Crippen molar-refractivity contribution in [3.05, 3.63) is 180 Å². The quantitative estimate of drug-likeness (QED) is 0.129. The average molecular weight is 1010 g/mol. The zero-order valence-electron chi connectivity index (χ0n) is 35.5. The van der Waals surface area contributed by atoms with Gasteiger partial charge in [-0.15, -0.1) is 0 Å². The first-order valence-electron chi connectivity index (χ1n) is 19.8. The van der Waals surface area contributed by atoms with E-state index in [1.165, 1.54) is 16.8 Å². The summed E-state index contributed by atoms with van der Waals surface area (Å²) in [7, 11) is 6.57. The lowest BCUT2D eigenvalue weighted by Gasteiger charge is -2.13. The lowest BCUT2D eigenvalue weighted by Crippen LogP contribution is -2.06. The van der Waals surface area contributed by atoms with Gasteiger partial charge in [-0.3, -0.25) is 9.97 Å². The minimum atomic E-state index is 0.330. The molecule has 0 aliphatic rings. The number of rotatable bonds is 11. The molecular weight excluding hydrogens is 961 g/mol. The Hall–Kier alpha value is -2.89. The van der Waals surface area contributed by atoms with Crippen molar-refractivity contribution in [1.82, 2.24) is 29.1 Å². The highest BCUT2D eigenvalue weighted by molar-refractivity contribution is 8.21. The highest BCUT2D eigenvalue weighted by Gasteiger charge is 2.20. The fourth-order valence-corrected chi connectivity index (χ4v) is 9.73. The molecule has 0 unspecified atom stereocenters. The Morgan fingerprint density at radius 2 is 1.02 bits per heavy atom. The Balaban J connectivity index is 0.000000200. The Labute approximate surface area is 409 Å². The summed E-state index contributed by atoms with van der Waals surface area (Å²) in [6.45, 7) is 16.6. The topological polar surface area (TPSA) is 61.4 Å². The van der Waals surface area contributed by atoms with Crippen LogP contribution in [0.4, 0.5) is 0 Å². The van der Waals surface area contributed by atoms with Crippen molar-refractivity contribution in [3.8, 4) is 0 Å². The lowest BCUT2D eigenvalue weighted by atomic mass is 10.1. The third-order valence-corrected chi connectivity index (χ3v) is 12.2. The molecule has 0 bridgehead atoms. The van der Waals surface area contributed by atoms with E-state index in [4.69, 9.17) is 85.3 Å². The molecular formula is C47H49Cl7N6S2. The molecule has 7 rings (SSSR count). The van der Waals surface area contributed by atoms with E-state index in [1.54, 1.807) is 42.1 Å². The second-order valence-electron chi connectivity index (χ2n) is 14.6. The molecule has 0 radical (unpaired) electrons. The summed E-state index contributed by atoms with van der Waals surface area (Å²) in [5.74, 6) is 3.06. The van der Waals surface area contributed by atoms with E-state index in [9.17, 15) is 0 Å². The molecule has 0 saturated carbocycles. The summed E-state index contributed by atoms with van der Waals surface area (Å²) in [5, 5.41) is 5.03. The molecule has 4 aromatic heterocycles. The van der Waals surface area contributed by atoms with Crippen LogP contribution in [0.1, 0.15) is 93.1 Å². The molecule has 3 aromatic carbocycles. The van der Waals surface area contributed by atoms with E-state index >= 15 is 0 Å². The van der Waals surface area contributed by atoms with E-state index < -0.39 is 0 Å². The number of hydrogen-bond acceptors (Lipinski definition) is 6. The van der Waals surface area contributed by atoms with Gasteiger partial charge in [0, 0.05) is 96.8 Å². The van der Waals surface area contributed by atoms with Crippen LogP contribution in [0.2, 0.25) is 30.1 Å². The second kappa shape index (κ2) is 26.2. The number of nitrogens with zero attached hydrogens (tertiary/aromatic N) is 6. The third-order valence-electron chi connectivity index (χ3n) is 8.85. The Bertz CT molecular complexity index is 2370. The van der Waals surface area contributed by atoms with Crippen LogP contribution < -0.4 is 0 Å². The Kier molecular flexibility index (Phi) is 21.8. The number of hydrogen-bond donors (Lipinski definition) is 0. The predicted octanol–water partition coefficient (Wildman–Crippen LogP) is 17.0. The van der Waals surface area contributed by atoms with E-state index in [0.29, 0.717) is 42.0 Å². The number of aromatic nitrogens is 6. The van der Waals surface area contributed by atoms with Crippen molar-refractivity contribution < 1.29 is 0 Å². The van der Waals surface area contributed by atoms with Gasteiger partial charge in [0.1, 0.15) is 16.7 Å². The standard InChI is InChI=1S/C20H21Cl2N3S.C14H19N3.C7H6Cl2.C6H3Cl3S/c1-4-18-24-19(13(2)3)20(25(18)12-14-5-7-23-8-6-14)26-17-10-15(21)9-16(22)11-17;1-4-14-16-13(11(2)3)10-17(14)9-12-5-7-15-8-6-12;1-5-2-6(8)4-7(9)3-5;7-4-1-5(8)3-6(2-4)10-9/h5-11,13H,4,12H2,1-3H3;5-8,10-11H,4,9H2,1-3H3;2-4H,1H3;1-3H. The minimum Gasteiger partial charge on any atom is -0.330 e. The van der Waals surface area contributed by atoms with Crippen molar-refractivity contribution in [3.63, 3.8) is 0 Å². The van der Waals surface area contributed by atoms with E-state index in [-0.39, 0.29) is 0 Å². The minimum absolute atomic E-state index is 0.330.